The molecule has 122 valence electrons. The summed E-state index contributed by atoms with van der Waals surface area (Å²) in [5.41, 5.74) is 1.97. The molecule has 1 amide bonds. The van der Waals surface area contributed by atoms with Gasteiger partial charge in [0, 0.05) is 13.0 Å². The van der Waals surface area contributed by atoms with E-state index >= 15 is 0 Å². The minimum absolute atomic E-state index is 0.0288. The Labute approximate surface area is 134 Å². The molecule has 0 spiro atoms. The van der Waals surface area contributed by atoms with Crippen molar-refractivity contribution in [3.05, 3.63) is 70.8 Å². The molecule has 0 saturated heterocycles. The molecule has 3 nitrogen and oxygen atoms in total. The quantitative estimate of drug-likeness (QED) is 0.860. The van der Waals surface area contributed by atoms with Crippen molar-refractivity contribution in [2.24, 2.45) is 0 Å². The Hall–Kier alpha value is -2.27. The van der Waals surface area contributed by atoms with E-state index in [2.05, 4.69) is 5.32 Å². The van der Waals surface area contributed by atoms with Crippen molar-refractivity contribution in [1.82, 2.24) is 5.32 Å². The zero-order chi connectivity index (χ0) is 16.8. The van der Waals surface area contributed by atoms with Crippen molar-refractivity contribution in [3.8, 4) is 0 Å². The highest BCUT2D eigenvalue weighted by molar-refractivity contribution is 5.76. The number of aliphatic hydroxyl groups excluding tert-OH is 1. The molecular weight excluding hydrogens is 300 g/mol. The molecule has 0 radical (unpaired) electrons. The van der Waals surface area contributed by atoms with E-state index in [0.717, 1.165) is 11.6 Å². The molecule has 23 heavy (non-hydrogen) atoms. The summed E-state index contributed by atoms with van der Waals surface area (Å²) in [6, 6.07) is 11.3. The Morgan fingerprint density at radius 2 is 1.87 bits per heavy atom. The number of hydrogen-bond donors (Lipinski definition) is 2. The number of benzene rings is 2. The number of hydrogen-bond acceptors (Lipinski definition) is 2. The average molecular weight is 319 g/mol. The van der Waals surface area contributed by atoms with Crippen LogP contribution in [0.5, 0.6) is 0 Å². The van der Waals surface area contributed by atoms with Gasteiger partial charge in [0.1, 0.15) is 0 Å². The van der Waals surface area contributed by atoms with Crippen LogP contribution in [0.2, 0.25) is 0 Å². The van der Waals surface area contributed by atoms with Gasteiger partial charge in [0.2, 0.25) is 5.91 Å². The Morgan fingerprint density at radius 3 is 2.57 bits per heavy atom. The van der Waals surface area contributed by atoms with E-state index in [9.17, 15) is 18.7 Å². The molecule has 2 aromatic carbocycles. The maximum atomic E-state index is 13.5. The molecule has 5 heteroatoms. The third kappa shape index (κ3) is 4.86. The van der Waals surface area contributed by atoms with Crippen LogP contribution in [0.4, 0.5) is 8.78 Å². The number of rotatable bonds is 6. The molecule has 0 heterocycles. The summed E-state index contributed by atoms with van der Waals surface area (Å²) >= 11 is 0. The molecule has 2 N–H and O–H groups in total. The first kappa shape index (κ1) is 17.1. The summed E-state index contributed by atoms with van der Waals surface area (Å²) < 4.78 is 26.5. The molecule has 0 saturated carbocycles. The zero-order valence-corrected chi connectivity index (χ0v) is 12.9. The van der Waals surface area contributed by atoms with Crippen molar-refractivity contribution >= 4 is 5.91 Å². The third-order valence-electron chi connectivity index (χ3n) is 3.61. The molecule has 0 aliphatic carbocycles. The number of halogens is 2. The van der Waals surface area contributed by atoms with Gasteiger partial charge in [-0.25, -0.2) is 8.78 Å². The lowest BCUT2D eigenvalue weighted by molar-refractivity contribution is -0.121. The van der Waals surface area contributed by atoms with Gasteiger partial charge in [0.25, 0.3) is 0 Å². The fourth-order valence-corrected chi connectivity index (χ4v) is 2.20. The fourth-order valence-electron chi connectivity index (χ4n) is 2.20. The molecule has 2 aromatic rings. The Bertz CT molecular complexity index is 671. The van der Waals surface area contributed by atoms with Crippen LogP contribution in [-0.2, 0) is 11.2 Å². The van der Waals surface area contributed by atoms with Gasteiger partial charge in [0.05, 0.1) is 6.10 Å². The van der Waals surface area contributed by atoms with Crippen LogP contribution in [0.15, 0.2) is 42.5 Å². The predicted molar refractivity (Wildman–Crippen MR) is 83.8 cm³/mol. The summed E-state index contributed by atoms with van der Waals surface area (Å²) in [4.78, 5) is 11.8. The second-order valence-electron chi connectivity index (χ2n) is 5.44. The minimum atomic E-state index is -0.919. The molecule has 0 bridgehead atoms. The van der Waals surface area contributed by atoms with Gasteiger partial charge in [0.15, 0.2) is 11.6 Å². The monoisotopic (exact) mass is 319 g/mol. The van der Waals surface area contributed by atoms with Crippen molar-refractivity contribution in [3.63, 3.8) is 0 Å². The number of carbonyl (C=O) groups excluding carboxylic acids is 1. The third-order valence-corrected chi connectivity index (χ3v) is 3.61. The number of aryl methyl sites for hydroxylation is 2. The molecule has 1 atom stereocenters. The Kier molecular flexibility index (Phi) is 5.82. The highest BCUT2D eigenvalue weighted by Crippen LogP contribution is 2.14. The summed E-state index contributed by atoms with van der Waals surface area (Å²) in [6.45, 7) is 2.02. The number of aliphatic hydroxyl groups is 1. The molecule has 0 aromatic heterocycles. The highest BCUT2D eigenvalue weighted by Gasteiger charge is 2.12. The van der Waals surface area contributed by atoms with Gasteiger partial charge in [-0.3, -0.25) is 4.79 Å². The summed E-state index contributed by atoms with van der Waals surface area (Å²) in [5, 5.41) is 12.6. The van der Waals surface area contributed by atoms with Crippen molar-refractivity contribution < 1.29 is 18.7 Å². The number of carbonyl (C=O) groups is 1. The van der Waals surface area contributed by atoms with Crippen LogP contribution in [0.3, 0.4) is 0 Å². The summed E-state index contributed by atoms with van der Waals surface area (Å²) in [6.07, 6.45) is -0.665. The van der Waals surface area contributed by atoms with E-state index in [4.69, 9.17) is 0 Å². The fraction of sp³-hybridized carbons (Fsp3) is 0.278. The smallest absolute Gasteiger partial charge is 0.220 e. The van der Waals surface area contributed by atoms with Crippen LogP contribution in [0.25, 0.3) is 0 Å². The van der Waals surface area contributed by atoms with E-state index in [1.54, 1.807) is 12.1 Å². The van der Waals surface area contributed by atoms with Crippen LogP contribution < -0.4 is 5.32 Å². The molecule has 0 fully saturated rings. The molecule has 0 unspecified atom stereocenters. The van der Waals surface area contributed by atoms with Crippen molar-refractivity contribution in [2.45, 2.75) is 25.9 Å². The highest BCUT2D eigenvalue weighted by atomic mass is 19.2. The first-order chi connectivity index (χ1) is 11.0. The summed E-state index contributed by atoms with van der Waals surface area (Å²) in [7, 11) is 0. The van der Waals surface area contributed by atoms with Crippen LogP contribution in [0.1, 0.15) is 29.2 Å². The van der Waals surface area contributed by atoms with Crippen LogP contribution >= 0.6 is 0 Å². The molecule has 0 aliphatic heterocycles. The Morgan fingerprint density at radius 1 is 1.17 bits per heavy atom. The second kappa shape index (κ2) is 7.83. The van der Waals surface area contributed by atoms with Crippen molar-refractivity contribution in [1.29, 1.82) is 0 Å². The summed E-state index contributed by atoms with van der Waals surface area (Å²) in [5.74, 6) is -2.16. The second-order valence-corrected chi connectivity index (χ2v) is 5.44. The standard InChI is InChI=1S/C18H19F2NO2/c1-12-5-7-13(8-6-12)16(22)11-21-17(23)10-9-14-3-2-4-15(19)18(14)20/h2-8,16,22H,9-11H2,1H3,(H,21,23)/t16-/m0/s1. The van der Waals surface area contributed by atoms with Gasteiger partial charge in [-0.15, -0.1) is 0 Å². The van der Waals surface area contributed by atoms with E-state index < -0.39 is 17.7 Å². The average Bonchev–Trinajstić information content (AvgIpc) is 2.54. The van der Waals surface area contributed by atoms with Crippen LogP contribution in [-0.4, -0.2) is 17.6 Å². The maximum absolute atomic E-state index is 13.5. The van der Waals surface area contributed by atoms with Crippen LogP contribution in [0, 0.1) is 18.6 Å². The number of amides is 1. The van der Waals surface area contributed by atoms with Gasteiger partial charge in [-0.1, -0.05) is 42.0 Å². The lowest BCUT2D eigenvalue weighted by Crippen LogP contribution is -2.28. The van der Waals surface area contributed by atoms with Gasteiger partial charge >= 0.3 is 0 Å². The lowest BCUT2D eigenvalue weighted by Gasteiger charge is -2.12. The largest absolute Gasteiger partial charge is 0.387 e. The molecular formula is C18H19F2NO2. The Balaban J connectivity index is 1.81. The molecule has 0 aliphatic rings. The maximum Gasteiger partial charge on any atom is 0.220 e. The van der Waals surface area contributed by atoms with Crippen molar-refractivity contribution in [2.75, 3.05) is 6.54 Å². The first-order valence-electron chi connectivity index (χ1n) is 7.41. The van der Waals surface area contributed by atoms with E-state index in [1.807, 2.05) is 19.1 Å². The number of nitrogens with one attached hydrogen (secondary N) is 1. The van der Waals surface area contributed by atoms with Gasteiger partial charge in [-0.05, 0) is 30.5 Å². The van der Waals surface area contributed by atoms with E-state index in [1.165, 1.54) is 12.1 Å². The zero-order valence-electron chi connectivity index (χ0n) is 12.9. The van der Waals surface area contributed by atoms with E-state index in [0.29, 0.717) is 5.56 Å². The topological polar surface area (TPSA) is 49.3 Å². The van der Waals surface area contributed by atoms with E-state index in [-0.39, 0.29) is 30.9 Å². The normalized spacial score (nSPS) is 12.0. The lowest BCUT2D eigenvalue weighted by atomic mass is 10.1. The predicted octanol–water partition coefficient (Wildman–Crippen LogP) is 3.06. The van der Waals surface area contributed by atoms with Gasteiger partial charge < -0.3 is 10.4 Å². The van der Waals surface area contributed by atoms with Gasteiger partial charge in [-0.2, -0.15) is 0 Å². The first-order valence-corrected chi connectivity index (χ1v) is 7.41. The molecule has 2 rings (SSSR count). The SMILES string of the molecule is Cc1ccc([C@@H](O)CNC(=O)CCc2cccc(F)c2F)cc1. The minimum Gasteiger partial charge on any atom is -0.387 e.